The Morgan fingerprint density at radius 3 is 2.67 bits per heavy atom. The van der Waals surface area contributed by atoms with E-state index >= 15 is 0 Å². The Morgan fingerprint density at radius 1 is 1.47 bits per heavy atom. The molecule has 0 unspecified atom stereocenters. The normalized spacial score (nSPS) is 17.6. The third kappa shape index (κ3) is 2.12. The number of anilines is 1. The van der Waals surface area contributed by atoms with E-state index in [1.165, 1.54) is 18.9 Å². The number of nitrogens with zero attached hydrogens (tertiary/aromatic N) is 1. The summed E-state index contributed by atoms with van der Waals surface area (Å²) in [5.74, 6) is -0.213. The zero-order valence-electron chi connectivity index (χ0n) is 9.20. The molecule has 0 spiro atoms. The van der Waals surface area contributed by atoms with E-state index in [-0.39, 0.29) is 11.9 Å². The van der Waals surface area contributed by atoms with Crippen molar-refractivity contribution in [2.45, 2.75) is 31.8 Å². The molecule has 1 atom stereocenters. The van der Waals surface area contributed by atoms with Gasteiger partial charge in [-0.3, -0.25) is 0 Å². The van der Waals surface area contributed by atoms with Crippen molar-refractivity contribution in [3.8, 4) is 0 Å². The smallest absolute Gasteiger partial charge is 0.123 e. The highest BCUT2D eigenvalue weighted by Gasteiger charge is 2.28. The largest absolute Gasteiger partial charge is 0.371 e. The van der Waals surface area contributed by atoms with Crippen molar-refractivity contribution in [2.24, 2.45) is 5.73 Å². The van der Waals surface area contributed by atoms with E-state index in [0.29, 0.717) is 6.04 Å². The van der Waals surface area contributed by atoms with Crippen molar-refractivity contribution < 1.29 is 4.39 Å². The first-order chi connectivity index (χ1) is 7.09. The molecule has 1 saturated carbocycles. The van der Waals surface area contributed by atoms with Crippen LogP contribution in [0.5, 0.6) is 0 Å². The summed E-state index contributed by atoms with van der Waals surface area (Å²) in [5, 5.41) is 0. The molecule has 15 heavy (non-hydrogen) atoms. The lowest BCUT2D eigenvalue weighted by molar-refractivity contribution is 0.621. The second kappa shape index (κ2) is 3.81. The van der Waals surface area contributed by atoms with E-state index < -0.39 is 0 Å². The zero-order chi connectivity index (χ0) is 11.0. The molecule has 0 heterocycles. The van der Waals surface area contributed by atoms with Crippen LogP contribution >= 0.6 is 0 Å². The average molecular weight is 208 g/mol. The molecule has 0 bridgehead atoms. The van der Waals surface area contributed by atoms with Gasteiger partial charge in [-0.15, -0.1) is 0 Å². The molecule has 82 valence electrons. The highest BCUT2D eigenvalue weighted by molar-refractivity contribution is 5.56. The molecule has 2 nitrogen and oxygen atoms in total. The fourth-order valence-electron chi connectivity index (χ4n) is 1.87. The number of benzene rings is 1. The lowest BCUT2D eigenvalue weighted by atomic mass is 10.1. The molecule has 1 aliphatic carbocycles. The number of hydrogen-bond donors (Lipinski definition) is 1. The summed E-state index contributed by atoms with van der Waals surface area (Å²) in [6, 6.07) is 5.36. The fourth-order valence-corrected chi connectivity index (χ4v) is 1.87. The Labute approximate surface area is 89.9 Å². The van der Waals surface area contributed by atoms with Gasteiger partial charge in [-0.05, 0) is 43.5 Å². The predicted molar refractivity (Wildman–Crippen MR) is 60.4 cm³/mol. The number of rotatable bonds is 3. The molecule has 0 saturated heterocycles. The van der Waals surface area contributed by atoms with Crippen molar-refractivity contribution in [1.29, 1.82) is 0 Å². The first kappa shape index (κ1) is 10.4. The van der Waals surface area contributed by atoms with Gasteiger partial charge in [-0.2, -0.15) is 0 Å². The van der Waals surface area contributed by atoms with Crippen LogP contribution in [-0.4, -0.2) is 13.1 Å². The lowest BCUT2D eigenvalue weighted by Crippen LogP contribution is -2.22. The molecule has 0 radical (unpaired) electrons. The molecule has 2 rings (SSSR count). The van der Waals surface area contributed by atoms with Gasteiger partial charge in [0.05, 0.1) is 0 Å². The van der Waals surface area contributed by atoms with Crippen LogP contribution in [0.1, 0.15) is 31.4 Å². The summed E-state index contributed by atoms with van der Waals surface area (Å²) in [6.07, 6.45) is 2.46. The van der Waals surface area contributed by atoms with Gasteiger partial charge in [0.2, 0.25) is 0 Å². The molecule has 0 amide bonds. The standard InChI is InChI=1S/C12H17FN2/c1-8(14)11-7-9(13)3-6-12(11)15(2)10-4-5-10/h3,6-8,10H,4-5,14H2,1-2H3/t8-/m1/s1. The van der Waals surface area contributed by atoms with Crippen LogP contribution in [0, 0.1) is 5.82 Å². The van der Waals surface area contributed by atoms with E-state index in [9.17, 15) is 4.39 Å². The Kier molecular flexibility index (Phi) is 2.65. The Balaban J connectivity index is 2.35. The van der Waals surface area contributed by atoms with Crippen LogP contribution in [0.2, 0.25) is 0 Å². The Morgan fingerprint density at radius 2 is 2.13 bits per heavy atom. The minimum Gasteiger partial charge on any atom is -0.371 e. The fraction of sp³-hybridized carbons (Fsp3) is 0.500. The van der Waals surface area contributed by atoms with Crippen molar-refractivity contribution in [3.05, 3.63) is 29.6 Å². The molecule has 0 aromatic heterocycles. The van der Waals surface area contributed by atoms with E-state index in [1.54, 1.807) is 6.07 Å². The summed E-state index contributed by atoms with van der Waals surface area (Å²) in [5.41, 5.74) is 7.81. The van der Waals surface area contributed by atoms with E-state index in [4.69, 9.17) is 5.73 Å². The van der Waals surface area contributed by atoms with Crippen molar-refractivity contribution in [1.82, 2.24) is 0 Å². The SMILES string of the molecule is C[C@@H](N)c1cc(F)ccc1N(C)C1CC1. The van der Waals surface area contributed by atoms with E-state index in [0.717, 1.165) is 11.3 Å². The summed E-state index contributed by atoms with van der Waals surface area (Å²) in [4.78, 5) is 2.21. The first-order valence-corrected chi connectivity index (χ1v) is 5.37. The first-order valence-electron chi connectivity index (χ1n) is 5.37. The van der Waals surface area contributed by atoms with Crippen LogP contribution in [-0.2, 0) is 0 Å². The van der Waals surface area contributed by atoms with Gasteiger partial charge in [0.25, 0.3) is 0 Å². The molecular weight excluding hydrogens is 191 g/mol. The van der Waals surface area contributed by atoms with Gasteiger partial charge in [0.1, 0.15) is 5.82 Å². The molecule has 1 aliphatic rings. The molecule has 2 N–H and O–H groups in total. The Hall–Kier alpha value is -1.09. The summed E-state index contributed by atoms with van der Waals surface area (Å²) in [6.45, 7) is 1.89. The van der Waals surface area contributed by atoms with Crippen LogP contribution in [0.25, 0.3) is 0 Å². The van der Waals surface area contributed by atoms with Gasteiger partial charge in [0.15, 0.2) is 0 Å². The summed E-state index contributed by atoms with van der Waals surface area (Å²) in [7, 11) is 2.05. The van der Waals surface area contributed by atoms with Gasteiger partial charge in [-0.1, -0.05) is 0 Å². The van der Waals surface area contributed by atoms with Crippen LogP contribution in [0.4, 0.5) is 10.1 Å². The van der Waals surface area contributed by atoms with Crippen LogP contribution in [0.3, 0.4) is 0 Å². The third-order valence-corrected chi connectivity index (χ3v) is 2.95. The Bertz CT molecular complexity index is 359. The zero-order valence-corrected chi connectivity index (χ0v) is 9.20. The summed E-state index contributed by atoms with van der Waals surface area (Å²) >= 11 is 0. The molecular formula is C12H17FN2. The number of nitrogens with two attached hydrogens (primary N) is 1. The second-order valence-corrected chi connectivity index (χ2v) is 4.33. The predicted octanol–water partition coefficient (Wildman–Crippen LogP) is 2.44. The van der Waals surface area contributed by atoms with Gasteiger partial charge < -0.3 is 10.6 Å². The van der Waals surface area contributed by atoms with Crippen molar-refractivity contribution >= 4 is 5.69 Å². The van der Waals surface area contributed by atoms with E-state index in [2.05, 4.69) is 11.9 Å². The minimum atomic E-state index is -0.213. The van der Waals surface area contributed by atoms with E-state index in [1.807, 2.05) is 13.0 Å². The molecule has 1 aromatic rings. The van der Waals surface area contributed by atoms with Crippen LogP contribution < -0.4 is 10.6 Å². The maximum Gasteiger partial charge on any atom is 0.123 e. The molecule has 0 aliphatic heterocycles. The van der Waals surface area contributed by atoms with Gasteiger partial charge in [0, 0.05) is 24.8 Å². The van der Waals surface area contributed by atoms with Crippen molar-refractivity contribution in [3.63, 3.8) is 0 Å². The van der Waals surface area contributed by atoms with Gasteiger partial charge in [-0.25, -0.2) is 4.39 Å². The monoisotopic (exact) mass is 208 g/mol. The average Bonchev–Trinajstić information content (AvgIpc) is 2.99. The topological polar surface area (TPSA) is 29.3 Å². The number of hydrogen-bond acceptors (Lipinski definition) is 2. The highest BCUT2D eigenvalue weighted by Crippen LogP contribution is 2.34. The molecule has 3 heteroatoms. The maximum absolute atomic E-state index is 13.1. The molecule has 1 aromatic carbocycles. The van der Waals surface area contributed by atoms with Gasteiger partial charge >= 0.3 is 0 Å². The van der Waals surface area contributed by atoms with Crippen LogP contribution in [0.15, 0.2) is 18.2 Å². The lowest BCUT2D eigenvalue weighted by Gasteiger charge is -2.23. The second-order valence-electron chi connectivity index (χ2n) is 4.33. The third-order valence-electron chi connectivity index (χ3n) is 2.95. The highest BCUT2D eigenvalue weighted by atomic mass is 19.1. The minimum absolute atomic E-state index is 0.128. The quantitative estimate of drug-likeness (QED) is 0.826. The molecule has 1 fully saturated rings. The maximum atomic E-state index is 13.1. The van der Waals surface area contributed by atoms with Crippen molar-refractivity contribution in [2.75, 3.05) is 11.9 Å². The summed E-state index contributed by atoms with van der Waals surface area (Å²) < 4.78 is 13.1. The number of halogens is 1.